The lowest BCUT2D eigenvalue weighted by atomic mass is 9.94. The number of aliphatic hydroxyl groups is 1. The Morgan fingerprint density at radius 1 is 1.32 bits per heavy atom. The third-order valence-electron chi connectivity index (χ3n) is 5.65. The highest BCUT2D eigenvalue weighted by molar-refractivity contribution is 5.78. The van der Waals surface area contributed by atoms with Crippen molar-refractivity contribution in [1.82, 2.24) is 19.7 Å². The quantitative estimate of drug-likeness (QED) is 0.652. The fourth-order valence-corrected chi connectivity index (χ4v) is 3.99. The van der Waals surface area contributed by atoms with Crippen molar-refractivity contribution < 1.29 is 14.7 Å². The van der Waals surface area contributed by atoms with Crippen LogP contribution in [0.5, 0.6) is 0 Å². The van der Waals surface area contributed by atoms with Crippen molar-refractivity contribution in [2.45, 2.75) is 52.1 Å². The van der Waals surface area contributed by atoms with Gasteiger partial charge in [0.05, 0.1) is 19.3 Å². The van der Waals surface area contributed by atoms with Gasteiger partial charge >= 0.3 is 0 Å². The van der Waals surface area contributed by atoms with Crippen LogP contribution in [0, 0.1) is 5.92 Å². The maximum Gasteiger partial charge on any atom is 0.224 e. The monoisotopic (exact) mass is 390 g/mol. The molecule has 2 amide bonds. The van der Waals surface area contributed by atoms with E-state index in [1.54, 1.807) is 22.9 Å². The van der Waals surface area contributed by atoms with Crippen molar-refractivity contribution in [1.29, 1.82) is 0 Å². The molecule has 1 aromatic heterocycles. The summed E-state index contributed by atoms with van der Waals surface area (Å²) >= 11 is 0. The third-order valence-corrected chi connectivity index (χ3v) is 5.65. The minimum atomic E-state index is -0.319. The zero-order valence-electron chi connectivity index (χ0n) is 17.5. The molecule has 0 radical (unpaired) electrons. The predicted molar refractivity (Wildman–Crippen MR) is 108 cm³/mol. The van der Waals surface area contributed by atoms with E-state index in [1.807, 2.05) is 26.1 Å². The Labute approximate surface area is 168 Å². The van der Waals surface area contributed by atoms with Crippen LogP contribution in [-0.4, -0.2) is 76.1 Å². The Bertz CT molecular complexity index is 640. The molecule has 3 atom stereocenters. The summed E-state index contributed by atoms with van der Waals surface area (Å²) in [5.41, 5.74) is 1.15. The molecule has 0 bridgehead atoms. The van der Waals surface area contributed by atoms with E-state index in [9.17, 15) is 14.7 Å². The Morgan fingerprint density at radius 3 is 2.61 bits per heavy atom. The number of aromatic nitrogens is 1. The smallest absolute Gasteiger partial charge is 0.224 e. The van der Waals surface area contributed by atoms with E-state index < -0.39 is 0 Å². The van der Waals surface area contributed by atoms with E-state index in [-0.39, 0.29) is 43.1 Å². The van der Waals surface area contributed by atoms with Gasteiger partial charge in [0.2, 0.25) is 11.8 Å². The van der Waals surface area contributed by atoms with Crippen LogP contribution in [0.3, 0.4) is 0 Å². The molecule has 7 heteroatoms. The molecule has 1 aliphatic rings. The summed E-state index contributed by atoms with van der Waals surface area (Å²) in [6.45, 7) is 7.10. The standard InChI is InChI=1S/C21H34N4O3/c1-5-19(27)24(15-25(16(3)14-26)20(28)6-2)13-18-9-11-23(4)21(18)17-8-7-10-22-12-17/h7-8,10,12,16,18,21,26H,5-6,9,11,13-15H2,1-4H3. The first-order valence-corrected chi connectivity index (χ1v) is 10.2. The normalized spacial score (nSPS) is 20.8. The first-order chi connectivity index (χ1) is 13.4. The van der Waals surface area contributed by atoms with Crippen molar-refractivity contribution in [3.63, 3.8) is 0 Å². The maximum atomic E-state index is 12.7. The van der Waals surface area contributed by atoms with Crippen LogP contribution in [-0.2, 0) is 9.59 Å². The molecule has 0 spiro atoms. The zero-order chi connectivity index (χ0) is 20.7. The number of hydrogen-bond acceptors (Lipinski definition) is 5. The van der Waals surface area contributed by atoms with E-state index in [0.717, 1.165) is 18.5 Å². The molecule has 7 nitrogen and oxygen atoms in total. The van der Waals surface area contributed by atoms with Gasteiger partial charge in [-0.2, -0.15) is 0 Å². The van der Waals surface area contributed by atoms with Crippen molar-refractivity contribution in [3.05, 3.63) is 30.1 Å². The molecule has 1 fully saturated rings. The molecule has 1 N–H and O–H groups in total. The van der Waals surface area contributed by atoms with Crippen LogP contribution in [0.15, 0.2) is 24.5 Å². The number of carbonyl (C=O) groups is 2. The second-order valence-electron chi connectivity index (χ2n) is 7.62. The van der Waals surface area contributed by atoms with Crippen LogP contribution in [0.4, 0.5) is 0 Å². The highest BCUT2D eigenvalue weighted by Gasteiger charge is 2.35. The Balaban J connectivity index is 2.21. The summed E-state index contributed by atoms with van der Waals surface area (Å²) in [7, 11) is 2.10. The van der Waals surface area contributed by atoms with Crippen molar-refractivity contribution in [2.75, 3.05) is 33.4 Å². The Morgan fingerprint density at radius 2 is 2.04 bits per heavy atom. The second-order valence-corrected chi connectivity index (χ2v) is 7.62. The number of pyridine rings is 1. The second kappa shape index (κ2) is 10.5. The number of hydrogen-bond donors (Lipinski definition) is 1. The summed E-state index contributed by atoms with van der Waals surface area (Å²) in [6, 6.07) is 3.91. The summed E-state index contributed by atoms with van der Waals surface area (Å²) in [5.74, 6) is 0.244. The van der Waals surface area contributed by atoms with E-state index in [1.165, 1.54) is 0 Å². The molecule has 1 aliphatic heterocycles. The van der Waals surface area contributed by atoms with E-state index in [4.69, 9.17) is 0 Å². The summed E-state index contributed by atoms with van der Waals surface area (Å²) < 4.78 is 0. The van der Waals surface area contributed by atoms with Crippen LogP contribution in [0.2, 0.25) is 0 Å². The first kappa shape index (κ1) is 22.3. The number of rotatable bonds is 9. The molecular weight excluding hydrogens is 356 g/mol. The van der Waals surface area contributed by atoms with Gasteiger partial charge in [0.15, 0.2) is 0 Å². The average molecular weight is 391 g/mol. The van der Waals surface area contributed by atoms with Crippen LogP contribution < -0.4 is 0 Å². The summed E-state index contributed by atoms with van der Waals surface area (Å²) in [4.78, 5) is 35.0. The summed E-state index contributed by atoms with van der Waals surface area (Å²) in [5, 5.41) is 9.56. The van der Waals surface area contributed by atoms with Crippen LogP contribution in [0.1, 0.15) is 51.6 Å². The molecule has 1 aromatic rings. The van der Waals surface area contributed by atoms with Crippen LogP contribution >= 0.6 is 0 Å². The lowest BCUT2D eigenvalue weighted by molar-refractivity contribution is -0.142. The Hall–Kier alpha value is -1.99. The molecule has 28 heavy (non-hydrogen) atoms. The predicted octanol–water partition coefficient (Wildman–Crippen LogP) is 1.89. The molecule has 3 unspecified atom stereocenters. The lowest BCUT2D eigenvalue weighted by Crippen LogP contribution is -2.50. The highest BCUT2D eigenvalue weighted by Crippen LogP contribution is 2.36. The molecule has 0 saturated carbocycles. The largest absolute Gasteiger partial charge is 0.394 e. The van der Waals surface area contributed by atoms with Gasteiger partial charge in [-0.15, -0.1) is 0 Å². The molecule has 156 valence electrons. The van der Waals surface area contributed by atoms with E-state index in [0.29, 0.717) is 19.4 Å². The van der Waals surface area contributed by atoms with Gasteiger partial charge < -0.3 is 14.9 Å². The number of nitrogens with zero attached hydrogens (tertiary/aromatic N) is 4. The first-order valence-electron chi connectivity index (χ1n) is 10.2. The van der Waals surface area contributed by atoms with Crippen LogP contribution in [0.25, 0.3) is 0 Å². The lowest BCUT2D eigenvalue weighted by Gasteiger charge is -2.36. The highest BCUT2D eigenvalue weighted by atomic mass is 16.3. The topological polar surface area (TPSA) is 77.0 Å². The summed E-state index contributed by atoms with van der Waals surface area (Å²) in [6.07, 6.45) is 5.39. The molecule has 0 aliphatic carbocycles. The van der Waals surface area contributed by atoms with Gasteiger partial charge in [0.1, 0.15) is 0 Å². The zero-order valence-corrected chi connectivity index (χ0v) is 17.5. The van der Waals surface area contributed by atoms with Crippen molar-refractivity contribution in [2.24, 2.45) is 5.92 Å². The Kier molecular flexibility index (Phi) is 8.38. The maximum absolute atomic E-state index is 12.7. The van der Waals surface area contributed by atoms with E-state index >= 15 is 0 Å². The molecule has 2 rings (SSSR count). The third kappa shape index (κ3) is 5.29. The average Bonchev–Trinajstić information content (AvgIpc) is 3.09. The SMILES string of the molecule is CCC(=O)N(CC1CCN(C)C1c1cccnc1)CN(C(=O)CC)C(C)CO. The van der Waals surface area contributed by atoms with Crippen molar-refractivity contribution in [3.8, 4) is 0 Å². The molecule has 1 saturated heterocycles. The molecule has 0 aromatic carbocycles. The van der Waals surface area contributed by atoms with Gasteiger partial charge in [-0.25, -0.2) is 0 Å². The van der Waals surface area contributed by atoms with Gasteiger partial charge in [-0.1, -0.05) is 19.9 Å². The fourth-order valence-electron chi connectivity index (χ4n) is 3.99. The minimum absolute atomic E-state index is 0.0264. The molecule has 2 heterocycles. The van der Waals surface area contributed by atoms with Gasteiger partial charge in [-0.3, -0.25) is 19.5 Å². The number of aliphatic hydroxyl groups excluding tert-OH is 1. The number of likely N-dealkylation sites (tertiary alicyclic amines) is 1. The molecular formula is C21H34N4O3. The number of amides is 2. The minimum Gasteiger partial charge on any atom is -0.394 e. The van der Waals surface area contributed by atoms with Crippen molar-refractivity contribution >= 4 is 11.8 Å². The number of carbonyl (C=O) groups excluding carboxylic acids is 2. The van der Waals surface area contributed by atoms with Gasteiger partial charge in [0, 0.05) is 37.8 Å². The fraction of sp³-hybridized carbons (Fsp3) is 0.667. The van der Waals surface area contributed by atoms with E-state index in [2.05, 4.69) is 23.0 Å². The van der Waals surface area contributed by atoms with Gasteiger partial charge in [0.25, 0.3) is 0 Å². The van der Waals surface area contributed by atoms with Gasteiger partial charge in [-0.05, 0) is 44.5 Å².